The molecule has 0 fully saturated rings. The van der Waals surface area contributed by atoms with E-state index in [9.17, 15) is 4.39 Å². The second-order valence-electron chi connectivity index (χ2n) is 3.31. The Labute approximate surface area is 94.8 Å². The molecule has 1 aromatic rings. The number of hydrogen-bond acceptors (Lipinski definition) is 3. The normalized spacial score (nSPS) is 9.81. The summed E-state index contributed by atoms with van der Waals surface area (Å²) in [5.41, 5.74) is 0.303. The molecule has 0 radical (unpaired) electrons. The van der Waals surface area contributed by atoms with E-state index in [0.29, 0.717) is 12.2 Å². The molecule has 0 aromatic heterocycles. The molecule has 1 N–H and O–H groups in total. The Morgan fingerprint density at radius 2 is 2.31 bits per heavy atom. The molecular formula is C12H15FN2O. The average Bonchev–Trinajstić information content (AvgIpc) is 2.30. The lowest BCUT2D eigenvalue weighted by Crippen LogP contribution is -2.16. The van der Waals surface area contributed by atoms with Crippen LogP contribution in [-0.2, 0) is 0 Å². The first-order valence-corrected chi connectivity index (χ1v) is 5.31. The van der Waals surface area contributed by atoms with Crippen LogP contribution in [0.3, 0.4) is 0 Å². The second-order valence-corrected chi connectivity index (χ2v) is 3.31. The zero-order valence-corrected chi connectivity index (χ0v) is 9.29. The van der Waals surface area contributed by atoms with Crippen LogP contribution in [0, 0.1) is 17.1 Å². The first kappa shape index (κ1) is 12.5. The van der Waals surface area contributed by atoms with Gasteiger partial charge in [0.05, 0.1) is 18.2 Å². The summed E-state index contributed by atoms with van der Waals surface area (Å²) in [6.45, 7) is 4.27. The minimum atomic E-state index is -0.484. The summed E-state index contributed by atoms with van der Waals surface area (Å²) >= 11 is 0. The van der Waals surface area contributed by atoms with Gasteiger partial charge < -0.3 is 10.1 Å². The zero-order valence-electron chi connectivity index (χ0n) is 9.29. The Morgan fingerprint density at radius 3 is 2.94 bits per heavy atom. The molecule has 3 nitrogen and oxygen atoms in total. The van der Waals surface area contributed by atoms with Crippen molar-refractivity contribution in [2.24, 2.45) is 0 Å². The van der Waals surface area contributed by atoms with E-state index >= 15 is 0 Å². The topological polar surface area (TPSA) is 45.0 Å². The van der Waals surface area contributed by atoms with Crippen LogP contribution in [-0.4, -0.2) is 19.7 Å². The number of nitriles is 1. The molecule has 0 spiro atoms. The molecule has 0 saturated heterocycles. The van der Waals surface area contributed by atoms with E-state index in [0.717, 1.165) is 19.5 Å². The first-order valence-electron chi connectivity index (χ1n) is 5.31. The van der Waals surface area contributed by atoms with E-state index in [2.05, 4.69) is 5.32 Å². The summed E-state index contributed by atoms with van der Waals surface area (Å²) in [7, 11) is 0. The van der Waals surface area contributed by atoms with Gasteiger partial charge >= 0.3 is 0 Å². The van der Waals surface area contributed by atoms with E-state index in [1.165, 1.54) is 12.1 Å². The Hall–Kier alpha value is -1.60. The Kier molecular flexibility index (Phi) is 5.30. The van der Waals surface area contributed by atoms with Crippen LogP contribution in [0.5, 0.6) is 5.75 Å². The summed E-state index contributed by atoms with van der Waals surface area (Å²) in [5, 5.41) is 11.7. The molecule has 16 heavy (non-hydrogen) atoms. The van der Waals surface area contributed by atoms with Crippen LogP contribution in [0.25, 0.3) is 0 Å². The van der Waals surface area contributed by atoms with Crippen molar-refractivity contribution in [3.8, 4) is 11.8 Å². The number of ether oxygens (including phenoxy) is 1. The summed E-state index contributed by atoms with van der Waals surface area (Å²) in [6, 6.07) is 6.09. The molecule has 0 amide bonds. The second kappa shape index (κ2) is 6.81. The molecule has 0 atom stereocenters. The molecule has 0 heterocycles. The van der Waals surface area contributed by atoms with E-state index < -0.39 is 5.82 Å². The fraction of sp³-hybridized carbons (Fsp3) is 0.417. The van der Waals surface area contributed by atoms with E-state index in [4.69, 9.17) is 10.00 Å². The maximum atomic E-state index is 13.3. The molecular weight excluding hydrogens is 207 g/mol. The van der Waals surface area contributed by atoms with Crippen molar-refractivity contribution in [1.29, 1.82) is 5.26 Å². The maximum absolute atomic E-state index is 13.3. The van der Waals surface area contributed by atoms with Gasteiger partial charge in [0.1, 0.15) is 0 Å². The van der Waals surface area contributed by atoms with Crippen LogP contribution in [0.4, 0.5) is 4.39 Å². The molecule has 0 unspecified atom stereocenters. The summed E-state index contributed by atoms with van der Waals surface area (Å²) in [5.74, 6) is -0.280. The number of rotatable bonds is 6. The van der Waals surface area contributed by atoms with Crippen molar-refractivity contribution in [2.45, 2.75) is 13.3 Å². The molecule has 1 aromatic carbocycles. The minimum Gasteiger partial charge on any atom is -0.490 e. The fourth-order valence-electron chi connectivity index (χ4n) is 1.24. The van der Waals surface area contributed by atoms with Gasteiger partial charge in [-0.1, -0.05) is 6.92 Å². The lowest BCUT2D eigenvalue weighted by atomic mass is 10.2. The maximum Gasteiger partial charge on any atom is 0.166 e. The number of halogens is 1. The predicted molar refractivity (Wildman–Crippen MR) is 59.8 cm³/mol. The van der Waals surface area contributed by atoms with Crippen LogP contribution in [0.2, 0.25) is 0 Å². The summed E-state index contributed by atoms with van der Waals surface area (Å²) < 4.78 is 18.6. The van der Waals surface area contributed by atoms with Crippen molar-refractivity contribution < 1.29 is 9.13 Å². The number of nitrogens with zero attached hydrogens (tertiary/aromatic N) is 1. The number of nitrogens with one attached hydrogen (secondary N) is 1. The van der Waals surface area contributed by atoms with Crippen LogP contribution in [0.1, 0.15) is 18.9 Å². The average molecular weight is 222 g/mol. The third-order valence-corrected chi connectivity index (χ3v) is 2.07. The van der Waals surface area contributed by atoms with E-state index in [1.54, 1.807) is 6.07 Å². The first-order chi connectivity index (χ1) is 7.77. The third-order valence-electron chi connectivity index (χ3n) is 2.07. The smallest absolute Gasteiger partial charge is 0.166 e. The van der Waals surface area contributed by atoms with Crippen molar-refractivity contribution >= 4 is 0 Å². The predicted octanol–water partition coefficient (Wildman–Crippen LogP) is 2.08. The molecule has 86 valence electrons. The van der Waals surface area contributed by atoms with E-state index in [1.807, 2.05) is 13.0 Å². The number of hydrogen-bond donors (Lipinski definition) is 1. The van der Waals surface area contributed by atoms with Gasteiger partial charge in [-0.3, -0.25) is 0 Å². The van der Waals surface area contributed by atoms with Crippen molar-refractivity contribution in [3.63, 3.8) is 0 Å². The van der Waals surface area contributed by atoms with Gasteiger partial charge in [0, 0.05) is 0 Å². The van der Waals surface area contributed by atoms with E-state index in [-0.39, 0.29) is 5.75 Å². The molecule has 0 aliphatic heterocycles. The SMILES string of the molecule is CCNCCCOc1ccc(C#N)cc1F. The molecule has 0 aliphatic carbocycles. The fourth-order valence-corrected chi connectivity index (χ4v) is 1.24. The Balaban J connectivity index is 2.40. The molecule has 4 heteroatoms. The van der Waals surface area contributed by atoms with Gasteiger partial charge in [0.2, 0.25) is 0 Å². The van der Waals surface area contributed by atoms with Crippen molar-refractivity contribution in [1.82, 2.24) is 5.32 Å². The highest BCUT2D eigenvalue weighted by Gasteiger charge is 2.03. The standard InChI is InChI=1S/C12H15FN2O/c1-2-15-6-3-7-16-12-5-4-10(9-14)8-11(12)13/h4-5,8,15H,2-3,6-7H2,1H3. The van der Waals surface area contributed by atoms with Crippen molar-refractivity contribution in [3.05, 3.63) is 29.6 Å². The largest absolute Gasteiger partial charge is 0.490 e. The highest BCUT2D eigenvalue weighted by atomic mass is 19.1. The molecule has 0 bridgehead atoms. The monoisotopic (exact) mass is 222 g/mol. The van der Waals surface area contributed by atoms with Gasteiger partial charge in [0.25, 0.3) is 0 Å². The molecule has 0 saturated carbocycles. The van der Waals surface area contributed by atoms with Gasteiger partial charge in [0.15, 0.2) is 11.6 Å². The van der Waals surface area contributed by atoms with Crippen molar-refractivity contribution in [2.75, 3.05) is 19.7 Å². The summed E-state index contributed by atoms with van der Waals surface area (Å²) in [4.78, 5) is 0. The van der Waals surface area contributed by atoms with Crippen LogP contribution >= 0.6 is 0 Å². The van der Waals surface area contributed by atoms with Crippen LogP contribution in [0.15, 0.2) is 18.2 Å². The van der Waals surface area contributed by atoms with Gasteiger partial charge in [-0.15, -0.1) is 0 Å². The lowest BCUT2D eigenvalue weighted by molar-refractivity contribution is 0.294. The number of benzene rings is 1. The Bertz CT molecular complexity index is 374. The Morgan fingerprint density at radius 1 is 1.50 bits per heavy atom. The van der Waals surface area contributed by atoms with Gasteiger partial charge in [-0.05, 0) is 37.7 Å². The minimum absolute atomic E-state index is 0.204. The highest BCUT2D eigenvalue weighted by Crippen LogP contribution is 2.17. The van der Waals surface area contributed by atoms with Gasteiger partial charge in [-0.2, -0.15) is 5.26 Å². The highest BCUT2D eigenvalue weighted by molar-refractivity contribution is 5.35. The third kappa shape index (κ3) is 3.87. The quantitative estimate of drug-likeness (QED) is 0.749. The lowest BCUT2D eigenvalue weighted by Gasteiger charge is -2.07. The van der Waals surface area contributed by atoms with Crippen LogP contribution < -0.4 is 10.1 Å². The summed E-state index contributed by atoms with van der Waals surface area (Å²) in [6.07, 6.45) is 0.827. The zero-order chi connectivity index (χ0) is 11.8. The van der Waals surface area contributed by atoms with Gasteiger partial charge in [-0.25, -0.2) is 4.39 Å². The molecule has 0 aliphatic rings. The molecule has 1 rings (SSSR count).